The van der Waals surface area contributed by atoms with Crippen molar-refractivity contribution in [2.75, 3.05) is 6.61 Å². The highest BCUT2D eigenvalue weighted by Crippen LogP contribution is 2.19. The molecule has 138 valence electrons. The standard InChI is InChI=1S/C18H17F2NO5/c19-15(20)11-25-14-8-6-13(7-9-14)16(17(22)23)21-18(24)26-10-12-4-2-1-3-5-12/h1-9,15-16H,10-11H2,(H,21,24)(H,22,23). The van der Waals surface area contributed by atoms with Crippen LogP contribution in [0, 0.1) is 0 Å². The molecule has 1 atom stereocenters. The second-order valence-corrected chi connectivity index (χ2v) is 5.25. The highest BCUT2D eigenvalue weighted by molar-refractivity contribution is 5.81. The fraction of sp³-hybridized carbons (Fsp3) is 0.222. The van der Waals surface area contributed by atoms with Gasteiger partial charge in [0.15, 0.2) is 6.04 Å². The number of carboxylic acids is 1. The number of aliphatic carboxylic acids is 1. The SMILES string of the molecule is O=C(NC(C(=O)O)c1ccc(OCC(F)F)cc1)OCc1ccccc1. The van der Waals surface area contributed by atoms with E-state index in [0.717, 1.165) is 5.56 Å². The van der Waals surface area contributed by atoms with Gasteiger partial charge in [0.05, 0.1) is 0 Å². The molecular weight excluding hydrogens is 348 g/mol. The maximum absolute atomic E-state index is 12.1. The Morgan fingerprint density at radius 3 is 2.27 bits per heavy atom. The maximum atomic E-state index is 12.1. The molecule has 0 bridgehead atoms. The van der Waals surface area contributed by atoms with Gasteiger partial charge in [0.25, 0.3) is 6.43 Å². The number of hydrogen-bond acceptors (Lipinski definition) is 4. The fourth-order valence-corrected chi connectivity index (χ4v) is 2.09. The Bertz CT molecular complexity index is 722. The van der Waals surface area contributed by atoms with Crippen LogP contribution in [0.5, 0.6) is 5.75 Å². The first-order valence-corrected chi connectivity index (χ1v) is 7.66. The van der Waals surface area contributed by atoms with Crippen molar-refractivity contribution in [3.8, 4) is 5.75 Å². The van der Waals surface area contributed by atoms with Crippen molar-refractivity contribution in [1.29, 1.82) is 0 Å². The van der Waals surface area contributed by atoms with Crippen molar-refractivity contribution in [3.63, 3.8) is 0 Å². The van der Waals surface area contributed by atoms with Crippen molar-refractivity contribution in [3.05, 3.63) is 65.7 Å². The summed E-state index contributed by atoms with van der Waals surface area (Å²) in [5.74, 6) is -1.12. The molecule has 0 spiro atoms. The molecule has 6 nitrogen and oxygen atoms in total. The zero-order valence-corrected chi connectivity index (χ0v) is 13.6. The average Bonchev–Trinajstić information content (AvgIpc) is 2.64. The van der Waals surface area contributed by atoms with Crippen LogP contribution in [0.3, 0.4) is 0 Å². The number of alkyl halides is 2. The van der Waals surface area contributed by atoms with Crippen LogP contribution in [0.2, 0.25) is 0 Å². The smallest absolute Gasteiger partial charge is 0.408 e. The maximum Gasteiger partial charge on any atom is 0.408 e. The van der Waals surface area contributed by atoms with Crippen LogP contribution in [0.1, 0.15) is 17.2 Å². The second-order valence-electron chi connectivity index (χ2n) is 5.25. The minimum Gasteiger partial charge on any atom is -0.488 e. The van der Waals surface area contributed by atoms with Crippen LogP contribution in [0.25, 0.3) is 0 Å². The van der Waals surface area contributed by atoms with Gasteiger partial charge in [-0.25, -0.2) is 18.4 Å². The molecule has 0 aliphatic carbocycles. The monoisotopic (exact) mass is 365 g/mol. The molecule has 1 unspecified atom stereocenters. The molecule has 0 radical (unpaired) electrons. The fourth-order valence-electron chi connectivity index (χ4n) is 2.09. The third kappa shape index (κ3) is 6.04. The Morgan fingerprint density at radius 2 is 1.69 bits per heavy atom. The molecule has 26 heavy (non-hydrogen) atoms. The summed E-state index contributed by atoms with van der Waals surface area (Å²) in [4.78, 5) is 23.3. The van der Waals surface area contributed by atoms with Crippen LogP contribution in [0.15, 0.2) is 54.6 Å². The largest absolute Gasteiger partial charge is 0.488 e. The second kappa shape index (κ2) is 9.36. The van der Waals surface area contributed by atoms with Crippen molar-refractivity contribution in [1.82, 2.24) is 5.32 Å². The molecule has 1 amide bonds. The van der Waals surface area contributed by atoms with Gasteiger partial charge in [-0.2, -0.15) is 0 Å². The van der Waals surface area contributed by atoms with Crippen molar-refractivity contribution < 1.29 is 33.0 Å². The molecule has 2 rings (SSSR count). The molecule has 0 saturated carbocycles. The van der Waals surface area contributed by atoms with Crippen molar-refractivity contribution in [2.24, 2.45) is 0 Å². The normalized spacial score (nSPS) is 11.7. The van der Waals surface area contributed by atoms with Crippen LogP contribution >= 0.6 is 0 Å². The van der Waals surface area contributed by atoms with Gasteiger partial charge in [-0.1, -0.05) is 42.5 Å². The molecule has 2 N–H and O–H groups in total. The Morgan fingerprint density at radius 1 is 1.04 bits per heavy atom. The summed E-state index contributed by atoms with van der Waals surface area (Å²) < 4.78 is 34.0. The molecule has 0 fully saturated rings. The first-order chi connectivity index (χ1) is 12.5. The lowest BCUT2D eigenvalue weighted by Gasteiger charge is -2.15. The third-order valence-corrected chi connectivity index (χ3v) is 3.31. The predicted molar refractivity (Wildman–Crippen MR) is 88.1 cm³/mol. The number of hydrogen-bond donors (Lipinski definition) is 2. The molecule has 0 aromatic heterocycles. The summed E-state index contributed by atoms with van der Waals surface area (Å²) in [7, 11) is 0. The summed E-state index contributed by atoms with van der Waals surface area (Å²) in [5.41, 5.74) is 1.01. The summed E-state index contributed by atoms with van der Waals surface area (Å²) in [6.07, 6.45) is -3.50. The quantitative estimate of drug-likeness (QED) is 0.749. The highest BCUT2D eigenvalue weighted by Gasteiger charge is 2.23. The molecule has 0 aliphatic rings. The van der Waals surface area contributed by atoms with Gasteiger partial charge < -0.3 is 19.9 Å². The van der Waals surface area contributed by atoms with E-state index in [9.17, 15) is 23.5 Å². The van der Waals surface area contributed by atoms with E-state index >= 15 is 0 Å². The number of ether oxygens (including phenoxy) is 2. The zero-order chi connectivity index (χ0) is 18.9. The minimum atomic E-state index is -2.61. The Hall–Kier alpha value is -3.16. The van der Waals surface area contributed by atoms with E-state index in [1.54, 1.807) is 24.3 Å². The number of alkyl carbamates (subject to hydrolysis) is 1. The number of amides is 1. The van der Waals surface area contributed by atoms with Gasteiger partial charge >= 0.3 is 12.1 Å². The average molecular weight is 365 g/mol. The van der Waals surface area contributed by atoms with Crippen LogP contribution in [-0.2, 0) is 16.1 Å². The number of benzene rings is 2. The lowest BCUT2D eigenvalue weighted by molar-refractivity contribution is -0.139. The summed E-state index contributed by atoms with van der Waals surface area (Å²) in [5, 5.41) is 11.6. The number of rotatable bonds is 8. The van der Waals surface area contributed by atoms with Crippen molar-refractivity contribution in [2.45, 2.75) is 19.1 Å². The first kappa shape index (κ1) is 19.2. The topological polar surface area (TPSA) is 84.9 Å². The number of carbonyl (C=O) groups is 2. The molecule has 2 aromatic carbocycles. The van der Waals surface area contributed by atoms with Gasteiger partial charge in [0.2, 0.25) is 0 Å². The van der Waals surface area contributed by atoms with E-state index < -0.39 is 31.1 Å². The highest BCUT2D eigenvalue weighted by atomic mass is 19.3. The van der Waals surface area contributed by atoms with E-state index in [1.165, 1.54) is 24.3 Å². The van der Waals surface area contributed by atoms with Crippen LogP contribution in [0.4, 0.5) is 13.6 Å². The summed E-state index contributed by atoms with van der Waals surface area (Å²) in [6, 6.07) is 13.0. The van der Waals surface area contributed by atoms with Gasteiger partial charge in [-0.05, 0) is 23.3 Å². The first-order valence-electron chi connectivity index (χ1n) is 7.66. The Kier molecular flexibility index (Phi) is 6.90. The Labute approximate surface area is 148 Å². The summed E-state index contributed by atoms with van der Waals surface area (Å²) in [6.45, 7) is -0.759. The molecule has 8 heteroatoms. The molecular formula is C18H17F2NO5. The zero-order valence-electron chi connectivity index (χ0n) is 13.6. The Balaban J connectivity index is 1.95. The van der Waals surface area contributed by atoms with Crippen LogP contribution in [-0.4, -0.2) is 30.2 Å². The van der Waals surface area contributed by atoms with Gasteiger partial charge in [0, 0.05) is 0 Å². The van der Waals surface area contributed by atoms with E-state index in [-0.39, 0.29) is 17.9 Å². The molecule has 0 saturated heterocycles. The van der Waals surface area contributed by atoms with E-state index in [2.05, 4.69) is 5.32 Å². The predicted octanol–water partition coefficient (Wildman–Crippen LogP) is 3.38. The van der Waals surface area contributed by atoms with E-state index in [1.807, 2.05) is 6.07 Å². The lowest BCUT2D eigenvalue weighted by atomic mass is 10.1. The van der Waals surface area contributed by atoms with Crippen molar-refractivity contribution >= 4 is 12.1 Å². The summed E-state index contributed by atoms with van der Waals surface area (Å²) >= 11 is 0. The number of carbonyl (C=O) groups excluding carboxylic acids is 1. The van der Waals surface area contributed by atoms with Gasteiger partial charge in [0.1, 0.15) is 19.0 Å². The van der Waals surface area contributed by atoms with Crippen LogP contribution < -0.4 is 10.1 Å². The molecule has 2 aromatic rings. The number of nitrogens with one attached hydrogen (secondary N) is 1. The number of halogens is 2. The van der Waals surface area contributed by atoms with E-state index in [4.69, 9.17) is 9.47 Å². The lowest BCUT2D eigenvalue weighted by Crippen LogP contribution is -2.34. The van der Waals surface area contributed by atoms with E-state index in [0.29, 0.717) is 0 Å². The minimum absolute atomic E-state index is 0.000577. The third-order valence-electron chi connectivity index (χ3n) is 3.31. The number of carboxylic acid groups (broad SMARTS) is 1. The van der Waals surface area contributed by atoms with Gasteiger partial charge in [-0.3, -0.25) is 0 Å². The van der Waals surface area contributed by atoms with Gasteiger partial charge in [-0.15, -0.1) is 0 Å². The molecule has 0 heterocycles. The molecule has 0 aliphatic heterocycles.